The number of rotatable bonds is 6. The third kappa shape index (κ3) is 8.95. The van der Waals surface area contributed by atoms with Crippen LogP contribution < -0.4 is 10.6 Å². The van der Waals surface area contributed by atoms with Crippen molar-refractivity contribution in [1.29, 1.82) is 0 Å². The standard InChI is InChI=1S/C17H23NO4.C16H21NO4/c1-16(2,3)22-15(20)18-17(10-5-11-17)13-8-6-12(7-9-13)14(19)21-4;1-15(2,3)21-14(20)17-16(9-4-10-16)12-7-5-11(6-8-12)13(18)19/h6-9H,5,10-11H2,1-4H3,(H,18,20);5-8H,4,9-10H2,1-3H3,(H,17,20)(H,18,19). The molecule has 0 saturated heterocycles. The van der Waals surface area contributed by atoms with Crippen molar-refractivity contribution in [2.75, 3.05) is 7.11 Å². The maximum absolute atomic E-state index is 12.1. The van der Waals surface area contributed by atoms with Crippen LogP contribution in [0.2, 0.25) is 0 Å². The molecule has 0 radical (unpaired) electrons. The van der Waals surface area contributed by atoms with Crippen molar-refractivity contribution in [2.45, 2.75) is 102 Å². The number of esters is 1. The lowest BCUT2D eigenvalue weighted by Crippen LogP contribution is -2.52. The fraction of sp³-hybridized carbons (Fsp3) is 0.515. The molecule has 2 aromatic carbocycles. The summed E-state index contributed by atoms with van der Waals surface area (Å²) < 4.78 is 15.3. The van der Waals surface area contributed by atoms with Gasteiger partial charge in [-0.3, -0.25) is 0 Å². The summed E-state index contributed by atoms with van der Waals surface area (Å²) in [5.41, 5.74) is 0.757. The number of hydrogen-bond acceptors (Lipinski definition) is 7. The Labute approximate surface area is 253 Å². The normalized spacial score (nSPS) is 16.5. The molecule has 0 heterocycles. The van der Waals surface area contributed by atoms with Crippen molar-refractivity contribution < 1.29 is 38.5 Å². The molecule has 2 aromatic rings. The Morgan fingerprint density at radius 3 is 1.26 bits per heavy atom. The van der Waals surface area contributed by atoms with Crippen LogP contribution in [0, 0.1) is 0 Å². The Hall–Kier alpha value is -4.08. The van der Waals surface area contributed by atoms with Crippen LogP contribution in [0.4, 0.5) is 9.59 Å². The SMILES string of the molecule is CC(C)(C)OC(=O)NC1(c2ccc(C(=O)O)cc2)CCC1.COC(=O)c1ccc(C2(NC(=O)OC(C)(C)C)CCC2)cc1. The van der Waals surface area contributed by atoms with Crippen LogP contribution in [0.5, 0.6) is 0 Å². The topological polar surface area (TPSA) is 140 Å². The first-order valence-electron chi connectivity index (χ1n) is 14.5. The van der Waals surface area contributed by atoms with Gasteiger partial charge in [-0.25, -0.2) is 19.2 Å². The highest BCUT2D eigenvalue weighted by Crippen LogP contribution is 2.42. The van der Waals surface area contributed by atoms with E-state index in [4.69, 9.17) is 19.3 Å². The van der Waals surface area contributed by atoms with Crippen LogP contribution >= 0.6 is 0 Å². The van der Waals surface area contributed by atoms with Crippen LogP contribution in [0.3, 0.4) is 0 Å². The number of nitrogens with one attached hydrogen (secondary N) is 2. The van der Waals surface area contributed by atoms with E-state index in [2.05, 4.69) is 10.6 Å². The van der Waals surface area contributed by atoms with E-state index < -0.39 is 40.4 Å². The summed E-state index contributed by atoms with van der Waals surface area (Å²) in [4.78, 5) is 46.4. The number of carboxylic acid groups (broad SMARTS) is 1. The van der Waals surface area contributed by atoms with Gasteiger partial charge in [0.25, 0.3) is 0 Å². The molecule has 43 heavy (non-hydrogen) atoms. The average molecular weight is 597 g/mol. The molecular weight excluding hydrogens is 552 g/mol. The predicted octanol–water partition coefficient (Wildman–Crippen LogP) is 6.67. The van der Waals surface area contributed by atoms with Crippen molar-refractivity contribution in [3.63, 3.8) is 0 Å². The summed E-state index contributed by atoms with van der Waals surface area (Å²) in [6, 6.07) is 13.8. The highest BCUT2D eigenvalue weighted by molar-refractivity contribution is 5.89. The molecule has 0 spiro atoms. The van der Waals surface area contributed by atoms with Gasteiger partial charge in [0.2, 0.25) is 0 Å². The Kier molecular flexibility index (Phi) is 10.1. The average Bonchev–Trinajstić information content (AvgIpc) is 2.86. The molecule has 2 aliphatic carbocycles. The number of hydrogen-bond donors (Lipinski definition) is 3. The third-order valence-corrected chi connectivity index (χ3v) is 7.44. The van der Waals surface area contributed by atoms with E-state index in [1.807, 2.05) is 53.7 Å². The van der Waals surface area contributed by atoms with Gasteiger partial charge in [0.15, 0.2) is 0 Å². The summed E-state index contributed by atoms with van der Waals surface area (Å²) in [5, 5.41) is 14.9. The minimum atomic E-state index is -0.954. The summed E-state index contributed by atoms with van der Waals surface area (Å²) in [5.74, 6) is -1.32. The van der Waals surface area contributed by atoms with Crippen LogP contribution in [-0.4, -0.2) is 47.5 Å². The monoisotopic (exact) mass is 596 g/mol. The highest BCUT2D eigenvalue weighted by Gasteiger charge is 2.42. The zero-order valence-corrected chi connectivity index (χ0v) is 26.2. The summed E-state index contributed by atoms with van der Waals surface area (Å²) in [6.45, 7) is 11.0. The van der Waals surface area contributed by atoms with E-state index in [-0.39, 0.29) is 11.5 Å². The molecule has 3 N–H and O–H groups in total. The number of aromatic carboxylic acids is 1. The van der Waals surface area contributed by atoms with Gasteiger partial charge in [-0.2, -0.15) is 0 Å². The van der Waals surface area contributed by atoms with Crippen molar-refractivity contribution in [1.82, 2.24) is 10.6 Å². The van der Waals surface area contributed by atoms with E-state index in [1.165, 1.54) is 7.11 Å². The lowest BCUT2D eigenvalue weighted by Gasteiger charge is -2.43. The predicted molar refractivity (Wildman–Crippen MR) is 161 cm³/mol. The highest BCUT2D eigenvalue weighted by atomic mass is 16.6. The molecule has 0 aliphatic heterocycles. The number of ether oxygens (including phenoxy) is 3. The second-order valence-electron chi connectivity index (χ2n) is 13.1. The van der Waals surface area contributed by atoms with E-state index in [1.54, 1.807) is 36.4 Å². The fourth-order valence-electron chi connectivity index (χ4n) is 5.01. The molecule has 0 atom stereocenters. The Morgan fingerprint density at radius 1 is 0.651 bits per heavy atom. The number of carboxylic acids is 1. The number of carbonyl (C=O) groups excluding carboxylic acids is 3. The largest absolute Gasteiger partial charge is 0.478 e. The van der Waals surface area contributed by atoms with Crippen LogP contribution in [0.15, 0.2) is 48.5 Å². The van der Waals surface area contributed by atoms with E-state index in [0.29, 0.717) is 5.56 Å². The second kappa shape index (κ2) is 13.1. The van der Waals surface area contributed by atoms with Gasteiger partial charge in [0.1, 0.15) is 11.2 Å². The van der Waals surface area contributed by atoms with E-state index >= 15 is 0 Å². The van der Waals surface area contributed by atoms with Crippen molar-refractivity contribution in [2.24, 2.45) is 0 Å². The lowest BCUT2D eigenvalue weighted by atomic mass is 9.72. The lowest BCUT2D eigenvalue weighted by molar-refractivity contribution is 0.0365. The van der Waals surface area contributed by atoms with Gasteiger partial charge in [0.05, 0.1) is 29.3 Å². The number of carbonyl (C=O) groups is 4. The smallest absolute Gasteiger partial charge is 0.408 e. The minimum absolute atomic E-state index is 0.241. The number of benzene rings is 2. The molecule has 2 fully saturated rings. The Morgan fingerprint density at radius 2 is 1.00 bits per heavy atom. The van der Waals surface area contributed by atoms with Crippen LogP contribution in [0.25, 0.3) is 0 Å². The quantitative estimate of drug-likeness (QED) is 0.248. The molecule has 0 bridgehead atoms. The Balaban J connectivity index is 0.000000236. The van der Waals surface area contributed by atoms with E-state index in [9.17, 15) is 19.2 Å². The first-order valence-corrected chi connectivity index (χ1v) is 14.5. The summed E-state index contributed by atoms with van der Waals surface area (Å²) in [7, 11) is 1.35. The number of alkyl carbamates (subject to hydrolysis) is 2. The number of amides is 2. The maximum Gasteiger partial charge on any atom is 0.408 e. The summed E-state index contributed by atoms with van der Waals surface area (Å²) in [6.07, 6.45) is 4.62. The molecular formula is C33H44N2O8. The molecule has 2 aliphatic rings. The zero-order valence-electron chi connectivity index (χ0n) is 26.2. The molecule has 10 nitrogen and oxygen atoms in total. The third-order valence-electron chi connectivity index (χ3n) is 7.44. The molecule has 234 valence electrons. The molecule has 10 heteroatoms. The van der Waals surface area contributed by atoms with Crippen LogP contribution in [0.1, 0.15) is 112 Å². The molecule has 2 amide bonds. The van der Waals surface area contributed by atoms with Crippen molar-refractivity contribution in [3.05, 3.63) is 70.8 Å². The zero-order chi connectivity index (χ0) is 32.1. The van der Waals surface area contributed by atoms with Gasteiger partial charge >= 0.3 is 24.1 Å². The second-order valence-corrected chi connectivity index (χ2v) is 13.1. The Bertz CT molecular complexity index is 1300. The first-order chi connectivity index (χ1) is 20.0. The van der Waals surface area contributed by atoms with E-state index in [0.717, 1.165) is 49.7 Å². The van der Waals surface area contributed by atoms with Gasteiger partial charge < -0.3 is 30.0 Å². The fourth-order valence-corrected chi connectivity index (χ4v) is 5.01. The van der Waals surface area contributed by atoms with Gasteiger partial charge in [-0.1, -0.05) is 24.3 Å². The molecule has 2 saturated carbocycles. The number of methoxy groups -OCH3 is 1. The molecule has 0 aromatic heterocycles. The van der Waals surface area contributed by atoms with Crippen LogP contribution in [-0.2, 0) is 25.3 Å². The molecule has 4 rings (SSSR count). The van der Waals surface area contributed by atoms with Crippen molar-refractivity contribution in [3.8, 4) is 0 Å². The van der Waals surface area contributed by atoms with Gasteiger partial charge in [0, 0.05) is 0 Å². The minimum Gasteiger partial charge on any atom is -0.478 e. The van der Waals surface area contributed by atoms with Gasteiger partial charge in [-0.05, 0) is 115 Å². The van der Waals surface area contributed by atoms with Gasteiger partial charge in [-0.15, -0.1) is 0 Å². The van der Waals surface area contributed by atoms with Crippen molar-refractivity contribution >= 4 is 24.1 Å². The molecule has 0 unspecified atom stereocenters. The first kappa shape index (κ1) is 33.4. The summed E-state index contributed by atoms with van der Waals surface area (Å²) >= 11 is 0. The maximum atomic E-state index is 12.1.